The molecule has 1 aliphatic carbocycles. The maximum Gasteiger partial charge on any atom is 0.192 e. The van der Waals surface area contributed by atoms with Crippen molar-refractivity contribution in [3.8, 4) is 5.69 Å². The van der Waals surface area contributed by atoms with E-state index in [-0.39, 0.29) is 11.0 Å². The van der Waals surface area contributed by atoms with Crippen molar-refractivity contribution in [2.75, 3.05) is 0 Å². The molecule has 0 radical (unpaired) electrons. The van der Waals surface area contributed by atoms with Gasteiger partial charge in [0.25, 0.3) is 0 Å². The van der Waals surface area contributed by atoms with Crippen LogP contribution in [0, 0.1) is 20.8 Å². The molecule has 2 heterocycles. The second-order valence-corrected chi connectivity index (χ2v) is 9.10. The van der Waals surface area contributed by atoms with E-state index in [0.29, 0.717) is 11.1 Å². The monoisotopic (exact) mass is 414 g/mol. The first-order valence-corrected chi connectivity index (χ1v) is 10.7. The molecule has 0 aliphatic heterocycles. The standard InChI is InChI=1S/C21H23ClN4OS/c1-12-11-19(13(2)25(12)17-7-5-16(22)6-8-17)20(27)14(3)28-21-24-23-15(4)26(21)18-9-10-18/h5-8,11,14,18H,9-10H2,1-4H3/t14-/m0/s1. The Labute approximate surface area is 174 Å². The van der Waals surface area contributed by atoms with Crippen molar-refractivity contribution in [2.24, 2.45) is 0 Å². The molecule has 0 amide bonds. The lowest BCUT2D eigenvalue weighted by molar-refractivity contribution is 0.0993. The summed E-state index contributed by atoms with van der Waals surface area (Å²) in [7, 11) is 0. The van der Waals surface area contributed by atoms with Crippen LogP contribution in [0.3, 0.4) is 0 Å². The first kappa shape index (κ1) is 19.3. The Morgan fingerprint density at radius 3 is 2.50 bits per heavy atom. The molecule has 0 unspecified atom stereocenters. The minimum Gasteiger partial charge on any atom is -0.318 e. The number of carbonyl (C=O) groups is 1. The zero-order valence-corrected chi connectivity index (χ0v) is 18.0. The number of rotatable bonds is 6. The molecule has 1 aromatic carbocycles. The Balaban J connectivity index is 1.60. The van der Waals surface area contributed by atoms with Gasteiger partial charge in [-0.1, -0.05) is 23.4 Å². The third-order valence-electron chi connectivity index (χ3n) is 5.18. The highest BCUT2D eigenvalue weighted by Gasteiger charge is 2.30. The van der Waals surface area contributed by atoms with E-state index in [1.807, 2.05) is 58.0 Å². The Kier molecular flexibility index (Phi) is 5.10. The molecular formula is C21H23ClN4OS. The summed E-state index contributed by atoms with van der Waals surface area (Å²) in [5.74, 6) is 1.03. The second kappa shape index (κ2) is 7.41. The van der Waals surface area contributed by atoms with Crippen LogP contribution in [0.1, 0.15) is 53.4 Å². The normalized spacial score (nSPS) is 15.0. The molecule has 3 aromatic rings. The third-order valence-corrected chi connectivity index (χ3v) is 6.49. The van der Waals surface area contributed by atoms with Crippen molar-refractivity contribution in [1.82, 2.24) is 19.3 Å². The third kappa shape index (κ3) is 3.51. The topological polar surface area (TPSA) is 52.7 Å². The van der Waals surface area contributed by atoms with Gasteiger partial charge in [-0.3, -0.25) is 4.79 Å². The summed E-state index contributed by atoms with van der Waals surface area (Å²) in [6, 6.07) is 10.1. The SMILES string of the molecule is Cc1cc(C(=O)[C@H](C)Sc2nnc(C)n2C2CC2)c(C)n1-c1ccc(Cl)cc1. The van der Waals surface area contributed by atoms with E-state index in [2.05, 4.69) is 19.3 Å². The van der Waals surface area contributed by atoms with E-state index in [1.165, 1.54) is 11.8 Å². The maximum absolute atomic E-state index is 13.2. The molecule has 0 saturated heterocycles. The van der Waals surface area contributed by atoms with Gasteiger partial charge in [-0.2, -0.15) is 0 Å². The lowest BCUT2D eigenvalue weighted by Gasteiger charge is -2.13. The summed E-state index contributed by atoms with van der Waals surface area (Å²) in [6.45, 7) is 7.93. The van der Waals surface area contributed by atoms with Gasteiger partial charge in [0, 0.05) is 33.7 Å². The number of ketones is 1. The molecule has 1 fully saturated rings. The molecule has 0 bridgehead atoms. The van der Waals surface area contributed by atoms with Crippen LogP contribution in [0.25, 0.3) is 5.69 Å². The van der Waals surface area contributed by atoms with Crippen LogP contribution in [0.5, 0.6) is 0 Å². The van der Waals surface area contributed by atoms with Crippen LogP contribution in [0.15, 0.2) is 35.5 Å². The number of aromatic nitrogens is 4. The molecule has 28 heavy (non-hydrogen) atoms. The average Bonchev–Trinajstić information content (AvgIpc) is 3.37. The number of thioether (sulfide) groups is 1. The van der Waals surface area contributed by atoms with Gasteiger partial charge in [0.2, 0.25) is 0 Å². The van der Waals surface area contributed by atoms with Gasteiger partial charge in [-0.05, 0) is 70.9 Å². The van der Waals surface area contributed by atoms with Gasteiger partial charge >= 0.3 is 0 Å². The van der Waals surface area contributed by atoms with E-state index in [0.717, 1.165) is 46.5 Å². The minimum absolute atomic E-state index is 0.112. The van der Waals surface area contributed by atoms with Crippen molar-refractivity contribution in [3.63, 3.8) is 0 Å². The predicted octanol–water partition coefficient (Wildman–Crippen LogP) is 5.35. The van der Waals surface area contributed by atoms with Gasteiger partial charge < -0.3 is 9.13 Å². The van der Waals surface area contributed by atoms with E-state index in [9.17, 15) is 4.79 Å². The second-order valence-electron chi connectivity index (χ2n) is 7.35. The fourth-order valence-electron chi connectivity index (χ4n) is 3.61. The first-order chi connectivity index (χ1) is 13.4. The summed E-state index contributed by atoms with van der Waals surface area (Å²) in [6.07, 6.45) is 2.33. The van der Waals surface area contributed by atoms with Gasteiger partial charge in [-0.15, -0.1) is 10.2 Å². The zero-order chi connectivity index (χ0) is 20.0. The summed E-state index contributed by atoms with van der Waals surface area (Å²) in [5, 5.41) is 9.81. The van der Waals surface area contributed by atoms with Crippen molar-refractivity contribution in [1.29, 1.82) is 0 Å². The fraction of sp³-hybridized carbons (Fsp3) is 0.381. The van der Waals surface area contributed by atoms with E-state index < -0.39 is 0 Å². The van der Waals surface area contributed by atoms with Crippen LogP contribution in [-0.4, -0.2) is 30.4 Å². The molecule has 0 N–H and O–H groups in total. The fourth-order valence-corrected chi connectivity index (χ4v) is 4.77. The Hall–Kier alpha value is -2.05. The molecule has 0 spiro atoms. The van der Waals surface area contributed by atoms with Crippen molar-refractivity contribution in [3.05, 3.63) is 58.1 Å². The van der Waals surface area contributed by atoms with E-state index in [1.54, 1.807) is 0 Å². The quantitative estimate of drug-likeness (QED) is 0.403. The number of benzene rings is 1. The van der Waals surface area contributed by atoms with Crippen LogP contribution >= 0.6 is 23.4 Å². The zero-order valence-electron chi connectivity index (χ0n) is 16.4. The van der Waals surface area contributed by atoms with Crippen molar-refractivity contribution >= 4 is 29.1 Å². The molecule has 146 valence electrons. The lowest BCUT2D eigenvalue weighted by atomic mass is 10.1. The van der Waals surface area contributed by atoms with Crippen LogP contribution in [0.2, 0.25) is 5.02 Å². The maximum atomic E-state index is 13.2. The Morgan fingerprint density at radius 2 is 1.86 bits per heavy atom. The summed E-state index contributed by atoms with van der Waals surface area (Å²) >= 11 is 7.51. The minimum atomic E-state index is -0.236. The van der Waals surface area contributed by atoms with Crippen LogP contribution in [0.4, 0.5) is 0 Å². The van der Waals surface area contributed by atoms with Gasteiger partial charge in [0.1, 0.15) is 5.82 Å². The number of nitrogens with zero attached hydrogens (tertiary/aromatic N) is 4. The molecular weight excluding hydrogens is 392 g/mol. The Bertz CT molecular complexity index is 1030. The number of aryl methyl sites for hydroxylation is 2. The van der Waals surface area contributed by atoms with Crippen molar-refractivity contribution < 1.29 is 4.79 Å². The van der Waals surface area contributed by atoms with Gasteiger partial charge in [0.15, 0.2) is 10.9 Å². The average molecular weight is 415 g/mol. The first-order valence-electron chi connectivity index (χ1n) is 9.44. The highest BCUT2D eigenvalue weighted by Crippen LogP contribution is 2.39. The number of halogens is 1. The van der Waals surface area contributed by atoms with E-state index >= 15 is 0 Å². The molecule has 5 nitrogen and oxygen atoms in total. The highest BCUT2D eigenvalue weighted by molar-refractivity contribution is 8.00. The number of carbonyl (C=O) groups excluding carboxylic acids is 1. The highest BCUT2D eigenvalue weighted by atomic mass is 35.5. The van der Waals surface area contributed by atoms with Crippen LogP contribution < -0.4 is 0 Å². The van der Waals surface area contributed by atoms with E-state index in [4.69, 9.17) is 11.6 Å². The summed E-state index contributed by atoms with van der Waals surface area (Å²) in [5.41, 5.74) is 3.72. The van der Waals surface area contributed by atoms with Crippen LogP contribution in [-0.2, 0) is 0 Å². The molecule has 1 atom stereocenters. The number of Topliss-reactive ketones (excluding diaryl/α,β-unsaturated/α-hetero) is 1. The largest absolute Gasteiger partial charge is 0.318 e. The number of hydrogen-bond donors (Lipinski definition) is 0. The number of hydrogen-bond acceptors (Lipinski definition) is 4. The Morgan fingerprint density at radius 1 is 1.18 bits per heavy atom. The van der Waals surface area contributed by atoms with Crippen molar-refractivity contribution in [2.45, 2.75) is 57.0 Å². The summed E-state index contributed by atoms with van der Waals surface area (Å²) < 4.78 is 4.27. The molecule has 1 saturated carbocycles. The molecule has 4 rings (SSSR count). The smallest absolute Gasteiger partial charge is 0.192 e. The molecule has 2 aromatic heterocycles. The summed E-state index contributed by atoms with van der Waals surface area (Å²) in [4.78, 5) is 13.2. The van der Waals surface area contributed by atoms with Gasteiger partial charge in [0.05, 0.1) is 5.25 Å². The lowest BCUT2D eigenvalue weighted by Crippen LogP contribution is -2.15. The molecule has 1 aliphatic rings. The predicted molar refractivity (Wildman–Crippen MR) is 113 cm³/mol. The van der Waals surface area contributed by atoms with Gasteiger partial charge in [-0.25, -0.2) is 0 Å². The molecule has 7 heteroatoms.